The van der Waals surface area contributed by atoms with Gasteiger partial charge in [0.25, 0.3) is 0 Å². The van der Waals surface area contributed by atoms with Crippen LogP contribution in [0, 0.1) is 12.8 Å². The third-order valence-corrected chi connectivity index (χ3v) is 9.73. The van der Waals surface area contributed by atoms with E-state index in [1.807, 2.05) is 25.9 Å². The molecule has 2 aromatic rings. The average Bonchev–Trinajstić information content (AvgIpc) is 3.55. The molecule has 3 unspecified atom stereocenters. The fraction of sp³-hybridized carbons (Fsp3) is 0.654. The van der Waals surface area contributed by atoms with Crippen molar-refractivity contribution >= 4 is 28.4 Å². The van der Waals surface area contributed by atoms with E-state index >= 15 is 0 Å². The van der Waals surface area contributed by atoms with Crippen LogP contribution >= 0.6 is 11.5 Å². The van der Waals surface area contributed by atoms with E-state index in [0.717, 1.165) is 61.6 Å². The molecular weight excluding hydrogens is 444 g/mol. The highest BCUT2D eigenvalue weighted by Crippen LogP contribution is 2.49. The van der Waals surface area contributed by atoms with Gasteiger partial charge in [-0.15, -0.1) is 0 Å². The zero-order chi connectivity index (χ0) is 23.4. The highest BCUT2D eigenvalue weighted by atomic mass is 32.1. The Hall–Kier alpha value is -2.19. The van der Waals surface area contributed by atoms with Gasteiger partial charge in [0.2, 0.25) is 5.13 Å². The molecule has 3 atom stereocenters. The summed E-state index contributed by atoms with van der Waals surface area (Å²) in [5, 5.41) is 1.12. The molecule has 1 aliphatic carbocycles. The van der Waals surface area contributed by atoms with Gasteiger partial charge < -0.3 is 14.7 Å². The van der Waals surface area contributed by atoms with Gasteiger partial charge in [0.1, 0.15) is 5.82 Å². The zero-order valence-electron chi connectivity index (χ0n) is 20.6. The molecule has 2 saturated heterocycles. The van der Waals surface area contributed by atoms with E-state index in [9.17, 15) is 4.79 Å². The number of rotatable bonds is 2. The van der Waals surface area contributed by atoms with Gasteiger partial charge in [-0.05, 0) is 76.1 Å². The van der Waals surface area contributed by atoms with Gasteiger partial charge >= 0.3 is 6.03 Å². The summed E-state index contributed by atoms with van der Waals surface area (Å²) in [5.41, 5.74) is 2.59. The first-order chi connectivity index (χ1) is 16.4. The minimum Gasteiger partial charge on any atom is -0.344 e. The predicted molar refractivity (Wildman–Crippen MR) is 137 cm³/mol. The van der Waals surface area contributed by atoms with Crippen LogP contribution in [0.15, 0.2) is 24.3 Å². The SMILES string of the molecule is Cc1nsc(N2CCCC3CC(N4CCC5(CC4)CN(C(=O)N(C)C)c4ccccc45)CC32)n1. The van der Waals surface area contributed by atoms with Crippen LogP contribution in [0.2, 0.25) is 0 Å². The number of carbonyl (C=O) groups is 1. The van der Waals surface area contributed by atoms with Crippen LogP contribution in [-0.4, -0.2) is 77.5 Å². The zero-order valence-corrected chi connectivity index (χ0v) is 21.4. The maximum Gasteiger partial charge on any atom is 0.323 e. The van der Waals surface area contributed by atoms with E-state index in [1.165, 1.54) is 31.2 Å². The second kappa shape index (κ2) is 8.48. The smallest absolute Gasteiger partial charge is 0.323 e. The summed E-state index contributed by atoms with van der Waals surface area (Å²) < 4.78 is 4.45. The Balaban J connectivity index is 1.16. The second-order valence-electron chi connectivity index (χ2n) is 11.0. The number of benzene rings is 1. The Morgan fingerprint density at radius 1 is 1.15 bits per heavy atom. The average molecular weight is 481 g/mol. The molecule has 1 aromatic carbocycles. The lowest BCUT2D eigenvalue weighted by Crippen LogP contribution is -2.50. The number of anilines is 2. The van der Waals surface area contributed by atoms with Crippen LogP contribution in [0.3, 0.4) is 0 Å². The largest absolute Gasteiger partial charge is 0.344 e. The number of hydrogen-bond acceptors (Lipinski definition) is 6. The quantitative estimate of drug-likeness (QED) is 0.647. The fourth-order valence-electron chi connectivity index (χ4n) is 7.18. The van der Waals surface area contributed by atoms with Crippen molar-refractivity contribution in [2.75, 3.05) is 50.1 Å². The van der Waals surface area contributed by atoms with E-state index in [4.69, 9.17) is 4.98 Å². The van der Waals surface area contributed by atoms with E-state index < -0.39 is 0 Å². The summed E-state index contributed by atoms with van der Waals surface area (Å²) in [5.74, 6) is 1.68. The minimum atomic E-state index is 0.0960. The van der Waals surface area contributed by atoms with Crippen molar-refractivity contribution in [2.45, 2.75) is 62.9 Å². The normalized spacial score (nSPS) is 28.3. The molecule has 182 valence electrons. The monoisotopic (exact) mass is 480 g/mol. The summed E-state index contributed by atoms with van der Waals surface area (Å²) in [6.45, 7) is 6.19. The topological polar surface area (TPSA) is 55.8 Å². The minimum absolute atomic E-state index is 0.0960. The number of aryl methyl sites for hydroxylation is 1. The highest BCUT2D eigenvalue weighted by molar-refractivity contribution is 7.09. The first-order valence-corrected chi connectivity index (χ1v) is 13.6. The Bertz CT molecular complexity index is 1060. The van der Waals surface area contributed by atoms with Crippen LogP contribution in [0.1, 0.15) is 49.9 Å². The predicted octanol–water partition coefficient (Wildman–Crippen LogP) is 4.13. The van der Waals surface area contributed by atoms with Gasteiger partial charge in [0, 0.05) is 61.9 Å². The highest BCUT2D eigenvalue weighted by Gasteiger charge is 2.49. The Morgan fingerprint density at radius 3 is 2.68 bits per heavy atom. The molecule has 6 rings (SSSR count). The summed E-state index contributed by atoms with van der Waals surface area (Å²) in [6, 6.07) is 9.97. The van der Waals surface area contributed by atoms with Crippen LogP contribution in [0.4, 0.5) is 15.6 Å². The summed E-state index contributed by atoms with van der Waals surface area (Å²) in [6.07, 6.45) is 7.44. The molecule has 1 aromatic heterocycles. The van der Waals surface area contributed by atoms with Crippen molar-refractivity contribution in [3.8, 4) is 0 Å². The Kier molecular flexibility index (Phi) is 5.56. The standard InChI is InChI=1S/C26H36N6OS/c1-18-27-24(34-28-18)31-12-6-7-19-15-20(16-23(19)31)30-13-10-26(11-14-30)17-32(25(33)29(2)3)22-9-5-4-8-21(22)26/h4-5,8-9,19-20,23H,6-7,10-17H2,1-3H3. The molecular formula is C26H36N6OS. The molecule has 0 N–H and O–H groups in total. The Morgan fingerprint density at radius 2 is 1.94 bits per heavy atom. The van der Waals surface area contributed by atoms with Crippen LogP contribution in [-0.2, 0) is 5.41 Å². The van der Waals surface area contributed by atoms with Gasteiger partial charge in [-0.1, -0.05) is 18.2 Å². The van der Waals surface area contributed by atoms with E-state index in [-0.39, 0.29) is 11.4 Å². The number of fused-ring (bicyclic) bond motifs is 3. The van der Waals surface area contributed by atoms with Crippen LogP contribution in [0.25, 0.3) is 0 Å². The third kappa shape index (κ3) is 3.61. The number of amides is 2. The molecule has 4 heterocycles. The van der Waals surface area contributed by atoms with Crippen molar-refractivity contribution in [3.63, 3.8) is 0 Å². The summed E-state index contributed by atoms with van der Waals surface area (Å²) in [4.78, 5) is 26.7. The van der Waals surface area contributed by atoms with Crippen molar-refractivity contribution in [2.24, 2.45) is 5.92 Å². The number of piperidine rings is 2. The van der Waals surface area contributed by atoms with Crippen LogP contribution < -0.4 is 9.80 Å². The van der Waals surface area contributed by atoms with Crippen molar-refractivity contribution < 1.29 is 4.79 Å². The van der Waals surface area contributed by atoms with Gasteiger partial charge in [0.15, 0.2) is 0 Å². The lowest BCUT2D eigenvalue weighted by molar-refractivity contribution is 0.119. The second-order valence-corrected chi connectivity index (χ2v) is 11.7. The van der Waals surface area contributed by atoms with Crippen LogP contribution in [0.5, 0.6) is 0 Å². The first-order valence-electron chi connectivity index (χ1n) is 12.8. The molecule has 0 radical (unpaired) electrons. The molecule has 3 aliphatic heterocycles. The van der Waals surface area contributed by atoms with Crippen molar-refractivity contribution in [1.29, 1.82) is 0 Å². The molecule has 2 amide bonds. The number of hydrogen-bond donors (Lipinski definition) is 0. The maximum atomic E-state index is 12.9. The molecule has 7 nitrogen and oxygen atoms in total. The number of carbonyl (C=O) groups excluding carboxylic acids is 1. The van der Waals surface area contributed by atoms with Gasteiger partial charge in [-0.3, -0.25) is 4.90 Å². The van der Waals surface area contributed by atoms with Crippen molar-refractivity contribution in [3.05, 3.63) is 35.7 Å². The molecule has 0 bridgehead atoms. The molecule has 8 heteroatoms. The first kappa shape index (κ1) is 22.3. The number of para-hydroxylation sites is 1. The van der Waals surface area contributed by atoms with Crippen molar-refractivity contribution in [1.82, 2.24) is 19.2 Å². The molecule has 4 aliphatic rings. The molecule has 3 fully saturated rings. The Labute approximate surface area is 206 Å². The van der Waals surface area contributed by atoms with Gasteiger partial charge in [-0.25, -0.2) is 9.78 Å². The van der Waals surface area contributed by atoms with E-state index in [2.05, 4.69) is 38.4 Å². The third-order valence-electron chi connectivity index (χ3n) is 8.88. The van der Waals surface area contributed by atoms with E-state index in [1.54, 1.807) is 16.4 Å². The summed E-state index contributed by atoms with van der Waals surface area (Å²) in [7, 11) is 3.70. The number of nitrogens with zero attached hydrogens (tertiary/aromatic N) is 6. The lowest BCUT2D eigenvalue weighted by Gasteiger charge is -2.42. The maximum absolute atomic E-state index is 12.9. The number of urea groups is 1. The van der Waals surface area contributed by atoms with Gasteiger partial charge in [-0.2, -0.15) is 4.37 Å². The lowest BCUT2D eigenvalue weighted by atomic mass is 9.74. The number of aromatic nitrogens is 2. The molecule has 1 saturated carbocycles. The summed E-state index contributed by atoms with van der Waals surface area (Å²) >= 11 is 1.57. The fourth-order valence-corrected chi connectivity index (χ4v) is 7.94. The molecule has 1 spiro atoms. The molecule has 34 heavy (non-hydrogen) atoms. The van der Waals surface area contributed by atoms with Gasteiger partial charge in [0.05, 0.1) is 0 Å². The van der Waals surface area contributed by atoms with E-state index in [0.29, 0.717) is 12.1 Å². The number of likely N-dealkylation sites (tertiary alicyclic amines) is 1.